The summed E-state index contributed by atoms with van der Waals surface area (Å²) in [5, 5.41) is 4.51. The summed E-state index contributed by atoms with van der Waals surface area (Å²) in [5.41, 5.74) is 0.850. The lowest BCUT2D eigenvalue weighted by Crippen LogP contribution is -2.35. The number of hydrogen-bond acceptors (Lipinski definition) is 3. The lowest BCUT2D eigenvalue weighted by molar-refractivity contribution is 0.133. The van der Waals surface area contributed by atoms with Crippen LogP contribution < -0.4 is 5.76 Å². The van der Waals surface area contributed by atoms with E-state index in [1.807, 2.05) is 30.3 Å². The molecule has 4 nitrogen and oxygen atoms in total. The average molecular weight is 300 g/mol. The third kappa shape index (κ3) is 2.87. The van der Waals surface area contributed by atoms with Crippen LogP contribution in [0.15, 0.2) is 39.5 Å². The Balaban J connectivity index is 1.96. The maximum absolute atomic E-state index is 12.3. The summed E-state index contributed by atoms with van der Waals surface area (Å²) < 4.78 is 7.01. The maximum atomic E-state index is 12.3. The van der Waals surface area contributed by atoms with Crippen LogP contribution in [0.4, 0.5) is 0 Å². The van der Waals surface area contributed by atoms with Crippen LogP contribution in [0.5, 0.6) is 0 Å². The van der Waals surface area contributed by atoms with Crippen molar-refractivity contribution in [1.82, 2.24) is 9.78 Å². The van der Waals surface area contributed by atoms with Gasteiger partial charge in [0.1, 0.15) is 0 Å². The molecule has 2 aromatic rings. The Labute approximate surface area is 131 Å². The first-order valence-corrected chi connectivity index (χ1v) is 8.21. The molecule has 0 saturated heterocycles. The second kappa shape index (κ2) is 6.11. The second-order valence-electron chi connectivity index (χ2n) is 6.88. The fraction of sp³-hybridized carbons (Fsp3) is 0.556. The Kier molecular flexibility index (Phi) is 4.19. The number of nitrogens with zero attached hydrogens (tertiary/aromatic N) is 2. The van der Waals surface area contributed by atoms with E-state index < -0.39 is 0 Å². The predicted octanol–water partition coefficient (Wildman–Crippen LogP) is 4.14. The highest BCUT2D eigenvalue weighted by Gasteiger charge is 2.34. The lowest BCUT2D eigenvalue weighted by Gasteiger charge is -2.36. The standard InChI is InChI=1S/C18H24N2O2/c1-12(2)15-10-9-13(3)11-16(15)20-18(21)22-17(19-20)14-7-5-4-6-8-14/h4-8,12-13,15-16H,9-11H2,1-3H3/t13-,15+,16-/m0/s1. The molecule has 0 unspecified atom stereocenters. The molecule has 0 radical (unpaired) electrons. The van der Waals surface area contributed by atoms with Crippen LogP contribution in [0.3, 0.4) is 0 Å². The molecule has 0 N–H and O–H groups in total. The number of rotatable bonds is 3. The predicted molar refractivity (Wildman–Crippen MR) is 86.6 cm³/mol. The van der Waals surface area contributed by atoms with Crippen LogP contribution in [0.25, 0.3) is 11.5 Å². The van der Waals surface area contributed by atoms with Crippen molar-refractivity contribution in [2.75, 3.05) is 0 Å². The van der Waals surface area contributed by atoms with Crippen molar-refractivity contribution in [3.8, 4) is 11.5 Å². The summed E-state index contributed by atoms with van der Waals surface area (Å²) in [4.78, 5) is 12.3. The average Bonchev–Trinajstić information content (AvgIpc) is 2.89. The number of aromatic nitrogens is 2. The van der Waals surface area contributed by atoms with E-state index in [-0.39, 0.29) is 11.8 Å². The van der Waals surface area contributed by atoms with Gasteiger partial charge in [-0.1, -0.05) is 45.4 Å². The van der Waals surface area contributed by atoms with Gasteiger partial charge in [-0.25, -0.2) is 4.79 Å². The molecule has 22 heavy (non-hydrogen) atoms. The van der Waals surface area contributed by atoms with Crippen LogP contribution in [0.1, 0.15) is 46.1 Å². The molecule has 1 aromatic carbocycles. The molecule has 0 amide bonds. The molecule has 1 fully saturated rings. The van der Waals surface area contributed by atoms with Gasteiger partial charge in [-0.15, -0.1) is 5.10 Å². The van der Waals surface area contributed by atoms with E-state index >= 15 is 0 Å². The second-order valence-corrected chi connectivity index (χ2v) is 6.88. The number of benzene rings is 1. The van der Waals surface area contributed by atoms with Crippen molar-refractivity contribution in [1.29, 1.82) is 0 Å². The minimum absolute atomic E-state index is 0.150. The third-order valence-electron chi connectivity index (χ3n) is 4.89. The summed E-state index contributed by atoms with van der Waals surface area (Å²) in [6, 6.07) is 9.77. The monoisotopic (exact) mass is 300 g/mol. The normalized spacial score (nSPS) is 25.5. The SMILES string of the molecule is CC(C)[C@H]1CC[C@H](C)C[C@@H]1n1nc(-c2ccccc2)oc1=O. The van der Waals surface area contributed by atoms with Crippen molar-refractivity contribution >= 4 is 0 Å². The smallest absolute Gasteiger partial charge is 0.388 e. The minimum atomic E-state index is -0.330. The van der Waals surface area contributed by atoms with E-state index in [2.05, 4.69) is 25.9 Å². The van der Waals surface area contributed by atoms with Gasteiger partial charge in [-0.2, -0.15) is 4.68 Å². The first kappa shape index (κ1) is 15.1. The van der Waals surface area contributed by atoms with Crippen molar-refractivity contribution in [3.05, 3.63) is 40.9 Å². The van der Waals surface area contributed by atoms with E-state index in [4.69, 9.17) is 4.42 Å². The van der Waals surface area contributed by atoms with Gasteiger partial charge in [0.2, 0.25) is 5.89 Å². The molecule has 3 rings (SSSR count). The van der Waals surface area contributed by atoms with E-state index in [0.717, 1.165) is 18.4 Å². The fourth-order valence-corrected chi connectivity index (χ4v) is 3.63. The van der Waals surface area contributed by atoms with Gasteiger partial charge in [0.25, 0.3) is 0 Å². The molecule has 4 heteroatoms. The quantitative estimate of drug-likeness (QED) is 0.856. The molecule has 1 heterocycles. The molecule has 1 aliphatic rings. The van der Waals surface area contributed by atoms with Crippen LogP contribution in [-0.4, -0.2) is 9.78 Å². The van der Waals surface area contributed by atoms with E-state index in [1.165, 1.54) is 6.42 Å². The summed E-state index contributed by atoms with van der Waals surface area (Å²) in [6.07, 6.45) is 3.39. The Morgan fingerprint density at radius 1 is 1.23 bits per heavy atom. The molecule has 1 aliphatic carbocycles. The van der Waals surface area contributed by atoms with Gasteiger partial charge in [0.15, 0.2) is 0 Å². The highest BCUT2D eigenvalue weighted by molar-refractivity contribution is 5.51. The topological polar surface area (TPSA) is 48.0 Å². The van der Waals surface area contributed by atoms with Crippen LogP contribution >= 0.6 is 0 Å². The molecule has 0 bridgehead atoms. The van der Waals surface area contributed by atoms with Crippen molar-refractivity contribution in [3.63, 3.8) is 0 Å². The van der Waals surface area contributed by atoms with Gasteiger partial charge in [-0.3, -0.25) is 0 Å². The van der Waals surface area contributed by atoms with Crippen LogP contribution in [0, 0.1) is 17.8 Å². The Bertz CT molecular complexity index is 672. The highest BCUT2D eigenvalue weighted by Crippen LogP contribution is 2.40. The Hall–Kier alpha value is -1.84. The van der Waals surface area contributed by atoms with Gasteiger partial charge in [0, 0.05) is 5.56 Å². The Morgan fingerprint density at radius 3 is 2.64 bits per heavy atom. The molecular weight excluding hydrogens is 276 g/mol. The minimum Gasteiger partial charge on any atom is -0.388 e. The Morgan fingerprint density at radius 2 is 1.95 bits per heavy atom. The lowest BCUT2D eigenvalue weighted by atomic mass is 9.74. The van der Waals surface area contributed by atoms with Gasteiger partial charge in [-0.05, 0) is 42.7 Å². The first-order chi connectivity index (χ1) is 10.6. The van der Waals surface area contributed by atoms with Gasteiger partial charge < -0.3 is 4.42 Å². The summed E-state index contributed by atoms with van der Waals surface area (Å²) in [7, 11) is 0. The molecule has 118 valence electrons. The van der Waals surface area contributed by atoms with Crippen LogP contribution in [0.2, 0.25) is 0 Å². The molecule has 3 atom stereocenters. The fourth-order valence-electron chi connectivity index (χ4n) is 3.63. The maximum Gasteiger partial charge on any atom is 0.437 e. The van der Waals surface area contributed by atoms with E-state index in [0.29, 0.717) is 23.6 Å². The first-order valence-electron chi connectivity index (χ1n) is 8.21. The van der Waals surface area contributed by atoms with Crippen molar-refractivity contribution < 1.29 is 4.42 Å². The van der Waals surface area contributed by atoms with E-state index in [1.54, 1.807) is 4.68 Å². The highest BCUT2D eigenvalue weighted by atomic mass is 16.4. The zero-order valence-electron chi connectivity index (χ0n) is 13.5. The number of hydrogen-bond donors (Lipinski definition) is 0. The molecule has 0 spiro atoms. The van der Waals surface area contributed by atoms with Crippen LogP contribution in [-0.2, 0) is 0 Å². The third-order valence-corrected chi connectivity index (χ3v) is 4.89. The summed E-state index contributed by atoms with van der Waals surface area (Å²) in [5.74, 6) is 1.75. The van der Waals surface area contributed by atoms with Gasteiger partial charge in [0.05, 0.1) is 6.04 Å². The molecule has 1 aromatic heterocycles. The van der Waals surface area contributed by atoms with Crippen molar-refractivity contribution in [2.45, 2.75) is 46.1 Å². The molecule has 1 saturated carbocycles. The van der Waals surface area contributed by atoms with Gasteiger partial charge >= 0.3 is 5.76 Å². The largest absolute Gasteiger partial charge is 0.437 e. The summed E-state index contributed by atoms with van der Waals surface area (Å²) >= 11 is 0. The molecule has 0 aliphatic heterocycles. The van der Waals surface area contributed by atoms with Crippen molar-refractivity contribution in [2.24, 2.45) is 17.8 Å². The zero-order chi connectivity index (χ0) is 15.7. The summed E-state index contributed by atoms with van der Waals surface area (Å²) in [6.45, 7) is 6.72. The molecular formula is C18H24N2O2. The van der Waals surface area contributed by atoms with E-state index in [9.17, 15) is 4.79 Å². The zero-order valence-corrected chi connectivity index (χ0v) is 13.5.